The molecule has 0 bridgehead atoms. The first-order valence-electron chi connectivity index (χ1n) is 4.52. The third kappa shape index (κ3) is 2.94. The average molecular weight is 245 g/mol. The van der Waals surface area contributed by atoms with Crippen molar-refractivity contribution < 1.29 is 18.5 Å². The Balaban J connectivity index is 3.22. The van der Waals surface area contributed by atoms with Crippen molar-refractivity contribution >= 4 is 17.3 Å². The molecule has 0 radical (unpaired) electrons. The predicted molar refractivity (Wildman–Crippen MR) is 55.3 cm³/mol. The number of benzene rings is 1. The second kappa shape index (κ2) is 4.83. The van der Waals surface area contributed by atoms with Crippen LogP contribution in [0.1, 0.15) is 6.92 Å². The molecule has 0 aliphatic heterocycles. The SMILES string of the molecule is C[C@@H](N)C(=O)Nc1c(F)cc(F)cc1[N+](=O)[O-]. The summed E-state index contributed by atoms with van der Waals surface area (Å²) in [6, 6.07) is -0.0250. The first kappa shape index (κ1) is 13.0. The highest BCUT2D eigenvalue weighted by Crippen LogP contribution is 2.28. The van der Waals surface area contributed by atoms with E-state index in [2.05, 4.69) is 0 Å². The van der Waals surface area contributed by atoms with Crippen LogP contribution in [0.5, 0.6) is 0 Å². The number of rotatable bonds is 3. The number of halogens is 2. The molecule has 1 atom stereocenters. The third-order valence-corrected chi connectivity index (χ3v) is 1.89. The van der Waals surface area contributed by atoms with Gasteiger partial charge in [-0.05, 0) is 6.92 Å². The van der Waals surface area contributed by atoms with Gasteiger partial charge in [0, 0.05) is 6.07 Å². The molecule has 0 saturated carbocycles. The fourth-order valence-corrected chi connectivity index (χ4v) is 1.06. The average Bonchev–Trinajstić information content (AvgIpc) is 2.20. The Kier molecular flexibility index (Phi) is 3.69. The van der Waals surface area contributed by atoms with Crippen molar-refractivity contribution in [2.45, 2.75) is 13.0 Å². The Labute approximate surface area is 94.6 Å². The van der Waals surface area contributed by atoms with Crippen molar-refractivity contribution in [3.8, 4) is 0 Å². The van der Waals surface area contributed by atoms with E-state index in [-0.39, 0.29) is 0 Å². The number of nitrogens with one attached hydrogen (secondary N) is 1. The van der Waals surface area contributed by atoms with Crippen LogP contribution in [0.2, 0.25) is 0 Å². The minimum absolute atomic E-state index is 0.434. The van der Waals surface area contributed by atoms with Gasteiger partial charge in [-0.1, -0.05) is 0 Å². The summed E-state index contributed by atoms with van der Waals surface area (Å²) < 4.78 is 26.1. The summed E-state index contributed by atoms with van der Waals surface area (Å²) in [4.78, 5) is 20.8. The van der Waals surface area contributed by atoms with E-state index in [4.69, 9.17) is 5.73 Å². The Morgan fingerprint density at radius 2 is 2.12 bits per heavy atom. The summed E-state index contributed by atoms with van der Waals surface area (Å²) in [5, 5.41) is 12.5. The second-order valence-electron chi connectivity index (χ2n) is 3.32. The fourth-order valence-electron chi connectivity index (χ4n) is 1.06. The summed E-state index contributed by atoms with van der Waals surface area (Å²) in [7, 11) is 0. The maximum absolute atomic E-state index is 13.3. The number of hydrogen-bond donors (Lipinski definition) is 2. The van der Waals surface area contributed by atoms with Gasteiger partial charge < -0.3 is 11.1 Å². The molecule has 92 valence electrons. The molecule has 0 aliphatic carbocycles. The molecule has 0 heterocycles. The molecule has 17 heavy (non-hydrogen) atoms. The molecule has 8 heteroatoms. The summed E-state index contributed by atoms with van der Waals surface area (Å²) in [5.41, 5.74) is 3.65. The first-order valence-corrected chi connectivity index (χ1v) is 4.52. The quantitative estimate of drug-likeness (QED) is 0.616. The topological polar surface area (TPSA) is 98.3 Å². The van der Waals surface area contributed by atoms with E-state index in [0.29, 0.717) is 12.1 Å². The fraction of sp³-hybridized carbons (Fsp3) is 0.222. The molecular weight excluding hydrogens is 236 g/mol. The van der Waals surface area contributed by atoms with Gasteiger partial charge in [-0.25, -0.2) is 8.78 Å². The molecule has 0 fully saturated rings. The molecule has 0 unspecified atom stereocenters. The van der Waals surface area contributed by atoms with E-state index in [0.717, 1.165) is 0 Å². The Hall–Kier alpha value is -2.09. The Morgan fingerprint density at radius 1 is 1.53 bits per heavy atom. The van der Waals surface area contributed by atoms with Crippen molar-refractivity contribution in [2.75, 3.05) is 5.32 Å². The number of carbonyl (C=O) groups is 1. The van der Waals surface area contributed by atoms with Crippen LogP contribution in [0.25, 0.3) is 0 Å². The summed E-state index contributed by atoms with van der Waals surface area (Å²) >= 11 is 0. The molecule has 1 aromatic carbocycles. The number of amides is 1. The lowest BCUT2D eigenvalue weighted by molar-refractivity contribution is -0.384. The predicted octanol–water partition coefficient (Wildman–Crippen LogP) is 1.16. The lowest BCUT2D eigenvalue weighted by Crippen LogP contribution is -2.33. The van der Waals surface area contributed by atoms with Crippen LogP contribution in [0, 0.1) is 21.7 Å². The zero-order valence-electron chi connectivity index (χ0n) is 8.74. The molecule has 0 aromatic heterocycles. The molecule has 1 rings (SSSR count). The van der Waals surface area contributed by atoms with Crippen LogP contribution < -0.4 is 11.1 Å². The summed E-state index contributed by atoms with van der Waals surface area (Å²) in [6.45, 7) is 1.32. The van der Waals surface area contributed by atoms with Crippen LogP contribution in [-0.4, -0.2) is 16.9 Å². The lowest BCUT2D eigenvalue weighted by atomic mass is 10.2. The second-order valence-corrected chi connectivity index (χ2v) is 3.32. The number of carbonyl (C=O) groups excluding carboxylic acids is 1. The van der Waals surface area contributed by atoms with Crippen LogP contribution in [0.4, 0.5) is 20.2 Å². The van der Waals surface area contributed by atoms with E-state index in [9.17, 15) is 23.7 Å². The normalized spacial score (nSPS) is 12.0. The molecule has 1 aromatic rings. The highest BCUT2D eigenvalue weighted by atomic mass is 19.1. The van der Waals surface area contributed by atoms with Gasteiger partial charge in [-0.15, -0.1) is 0 Å². The highest BCUT2D eigenvalue weighted by Gasteiger charge is 2.23. The maximum Gasteiger partial charge on any atom is 0.298 e. The lowest BCUT2D eigenvalue weighted by Gasteiger charge is -2.09. The molecule has 0 saturated heterocycles. The van der Waals surface area contributed by atoms with Gasteiger partial charge in [-0.3, -0.25) is 14.9 Å². The minimum atomic E-state index is -1.23. The van der Waals surface area contributed by atoms with E-state index in [1.807, 2.05) is 5.32 Å². The van der Waals surface area contributed by atoms with Gasteiger partial charge in [0.05, 0.1) is 17.0 Å². The number of nitrogens with two attached hydrogens (primary N) is 1. The van der Waals surface area contributed by atoms with Gasteiger partial charge in [0.1, 0.15) is 5.82 Å². The number of nitrogens with zero attached hydrogens (tertiary/aromatic N) is 1. The number of nitro groups is 1. The van der Waals surface area contributed by atoms with Gasteiger partial charge >= 0.3 is 0 Å². The molecule has 0 spiro atoms. The van der Waals surface area contributed by atoms with Gasteiger partial charge in [0.25, 0.3) is 5.69 Å². The molecule has 1 amide bonds. The van der Waals surface area contributed by atoms with Crippen LogP contribution in [0.15, 0.2) is 12.1 Å². The maximum atomic E-state index is 13.3. The molecule has 6 nitrogen and oxygen atoms in total. The highest BCUT2D eigenvalue weighted by molar-refractivity contribution is 5.96. The standard InChI is InChI=1S/C9H9F2N3O3/c1-4(12)9(15)13-8-6(11)2-5(10)3-7(8)14(16)17/h2-4H,12H2,1H3,(H,13,15)/t4-/m1/s1. The van der Waals surface area contributed by atoms with Crippen LogP contribution >= 0.6 is 0 Å². The minimum Gasteiger partial charge on any atom is -0.320 e. The van der Waals surface area contributed by atoms with Crippen LogP contribution in [-0.2, 0) is 4.79 Å². The summed E-state index contributed by atoms with van der Waals surface area (Å²) in [5.74, 6) is -3.14. The van der Waals surface area contributed by atoms with E-state index in [1.54, 1.807) is 0 Å². The smallest absolute Gasteiger partial charge is 0.298 e. The molecule has 3 N–H and O–H groups in total. The van der Waals surface area contributed by atoms with Gasteiger partial charge in [0.2, 0.25) is 5.91 Å². The van der Waals surface area contributed by atoms with E-state index >= 15 is 0 Å². The summed E-state index contributed by atoms with van der Waals surface area (Å²) in [6.07, 6.45) is 0. The zero-order chi connectivity index (χ0) is 13.2. The zero-order valence-corrected chi connectivity index (χ0v) is 8.74. The first-order chi connectivity index (χ1) is 7.82. The monoisotopic (exact) mass is 245 g/mol. The van der Waals surface area contributed by atoms with Crippen molar-refractivity contribution in [1.82, 2.24) is 0 Å². The Bertz CT molecular complexity index is 477. The van der Waals surface area contributed by atoms with E-state index in [1.165, 1.54) is 6.92 Å². The Morgan fingerprint density at radius 3 is 2.59 bits per heavy atom. The third-order valence-electron chi connectivity index (χ3n) is 1.89. The van der Waals surface area contributed by atoms with Crippen molar-refractivity contribution in [1.29, 1.82) is 0 Å². The van der Waals surface area contributed by atoms with Crippen molar-refractivity contribution in [3.05, 3.63) is 33.9 Å². The van der Waals surface area contributed by atoms with Gasteiger partial charge in [0.15, 0.2) is 11.5 Å². The van der Waals surface area contributed by atoms with Crippen molar-refractivity contribution in [2.24, 2.45) is 5.73 Å². The van der Waals surface area contributed by atoms with Gasteiger partial charge in [-0.2, -0.15) is 0 Å². The van der Waals surface area contributed by atoms with Crippen molar-refractivity contribution in [3.63, 3.8) is 0 Å². The molecular formula is C9H9F2N3O3. The largest absolute Gasteiger partial charge is 0.320 e. The van der Waals surface area contributed by atoms with E-state index < -0.39 is 39.9 Å². The van der Waals surface area contributed by atoms with Crippen LogP contribution in [0.3, 0.4) is 0 Å². The number of nitro benzene ring substituents is 1. The number of hydrogen-bond acceptors (Lipinski definition) is 4. The molecule has 0 aliphatic rings. The number of anilines is 1.